The zero-order valence-corrected chi connectivity index (χ0v) is 17.5. The van der Waals surface area contributed by atoms with Gasteiger partial charge in [-0.15, -0.1) is 0 Å². The first-order valence-corrected chi connectivity index (χ1v) is 9.64. The van der Waals surface area contributed by atoms with Crippen LogP contribution in [0.2, 0.25) is 5.02 Å². The van der Waals surface area contributed by atoms with Crippen LogP contribution in [-0.4, -0.2) is 20.1 Å². The highest BCUT2D eigenvalue weighted by Crippen LogP contribution is 2.30. The Kier molecular flexibility index (Phi) is 7.35. The Morgan fingerprint density at radius 2 is 1.67 bits per heavy atom. The third-order valence-corrected chi connectivity index (χ3v) is 4.57. The average molecular weight is 424 g/mol. The molecule has 0 unspecified atom stereocenters. The van der Waals surface area contributed by atoms with Crippen molar-refractivity contribution in [3.05, 3.63) is 89.0 Å². The lowest BCUT2D eigenvalue weighted by Gasteiger charge is -2.11. The normalized spacial score (nSPS) is 10.6. The number of carbonyl (C=O) groups is 1. The number of anilines is 1. The van der Waals surface area contributed by atoms with Gasteiger partial charge in [0, 0.05) is 11.8 Å². The molecule has 0 heterocycles. The summed E-state index contributed by atoms with van der Waals surface area (Å²) in [6, 6.07) is 20.4. The SMILES string of the molecule is COc1ccc(NC(=O)C=Cc2ccc(OCc3ccccc3)c(OC)c2)cc1Cl. The molecule has 0 bridgehead atoms. The summed E-state index contributed by atoms with van der Waals surface area (Å²) >= 11 is 6.08. The van der Waals surface area contributed by atoms with Crippen LogP contribution in [0.1, 0.15) is 11.1 Å². The topological polar surface area (TPSA) is 56.8 Å². The number of hydrogen-bond acceptors (Lipinski definition) is 4. The summed E-state index contributed by atoms with van der Waals surface area (Å²) in [7, 11) is 3.12. The number of ether oxygens (including phenoxy) is 3. The van der Waals surface area contributed by atoms with E-state index in [0.717, 1.165) is 11.1 Å². The minimum atomic E-state index is -0.278. The van der Waals surface area contributed by atoms with Gasteiger partial charge in [-0.3, -0.25) is 4.79 Å². The van der Waals surface area contributed by atoms with Crippen molar-refractivity contribution in [1.29, 1.82) is 0 Å². The molecule has 0 aliphatic carbocycles. The maximum Gasteiger partial charge on any atom is 0.248 e. The van der Waals surface area contributed by atoms with Crippen LogP contribution in [0.4, 0.5) is 5.69 Å². The standard InChI is InChI=1S/C24H22ClNO4/c1-28-21-12-10-19(15-20(21)25)26-24(27)13-9-17-8-11-22(23(14-17)29-2)30-16-18-6-4-3-5-7-18/h3-15H,16H2,1-2H3,(H,26,27). The molecule has 5 nitrogen and oxygen atoms in total. The molecule has 0 saturated carbocycles. The van der Waals surface area contributed by atoms with Crippen molar-refractivity contribution in [3.8, 4) is 17.2 Å². The molecule has 6 heteroatoms. The summed E-state index contributed by atoms with van der Waals surface area (Å²) in [6.07, 6.45) is 3.14. The van der Waals surface area contributed by atoms with Crippen LogP contribution in [0, 0.1) is 0 Å². The van der Waals surface area contributed by atoms with Crippen LogP contribution in [0.15, 0.2) is 72.8 Å². The molecule has 3 rings (SSSR count). The molecule has 0 aromatic heterocycles. The Labute approximate surface area is 180 Å². The highest BCUT2D eigenvalue weighted by Gasteiger charge is 2.07. The summed E-state index contributed by atoms with van der Waals surface area (Å²) in [5, 5.41) is 3.19. The smallest absolute Gasteiger partial charge is 0.248 e. The highest BCUT2D eigenvalue weighted by molar-refractivity contribution is 6.32. The van der Waals surface area contributed by atoms with E-state index in [1.807, 2.05) is 48.5 Å². The number of amides is 1. The average Bonchev–Trinajstić information content (AvgIpc) is 2.77. The Hall–Kier alpha value is -3.44. The zero-order valence-electron chi connectivity index (χ0n) is 16.7. The van der Waals surface area contributed by atoms with Gasteiger partial charge in [0.2, 0.25) is 5.91 Å². The molecule has 1 N–H and O–H groups in total. The molecule has 0 aliphatic rings. The zero-order chi connectivity index (χ0) is 21.3. The number of hydrogen-bond donors (Lipinski definition) is 1. The van der Waals surface area contributed by atoms with Crippen LogP contribution in [0.25, 0.3) is 6.08 Å². The van der Waals surface area contributed by atoms with Gasteiger partial charge in [0.05, 0.1) is 19.2 Å². The van der Waals surface area contributed by atoms with Crippen molar-refractivity contribution < 1.29 is 19.0 Å². The first-order chi connectivity index (χ1) is 14.6. The van der Waals surface area contributed by atoms with Crippen LogP contribution < -0.4 is 19.5 Å². The second kappa shape index (κ2) is 10.4. The molecule has 0 spiro atoms. The molecule has 0 aliphatic heterocycles. The van der Waals surface area contributed by atoms with Gasteiger partial charge in [-0.25, -0.2) is 0 Å². The Balaban J connectivity index is 1.63. The molecule has 3 aromatic rings. The van der Waals surface area contributed by atoms with Gasteiger partial charge in [-0.1, -0.05) is 48.0 Å². The summed E-state index contributed by atoms with van der Waals surface area (Å²) in [4.78, 5) is 12.2. The molecule has 0 radical (unpaired) electrons. The van der Waals surface area contributed by atoms with E-state index < -0.39 is 0 Å². The number of rotatable bonds is 8. The Morgan fingerprint density at radius 1 is 0.933 bits per heavy atom. The van der Waals surface area contributed by atoms with E-state index in [9.17, 15) is 4.79 Å². The second-order valence-corrected chi connectivity index (χ2v) is 6.76. The number of halogens is 1. The lowest BCUT2D eigenvalue weighted by Crippen LogP contribution is -2.07. The van der Waals surface area contributed by atoms with E-state index >= 15 is 0 Å². The van der Waals surface area contributed by atoms with E-state index in [4.69, 9.17) is 25.8 Å². The van der Waals surface area contributed by atoms with Gasteiger partial charge in [0.1, 0.15) is 12.4 Å². The molecular weight excluding hydrogens is 402 g/mol. The molecule has 0 fully saturated rings. The van der Waals surface area contributed by atoms with E-state index in [1.54, 1.807) is 31.4 Å². The molecular formula is C24H22ClNO4. The van der Waals surface area contributed by atoms with Crippen LogP contribution in [0.5, 0.6) is 17.2 Å². The Bertz CT molecular complexity index is 1030. The quantitative estimate of drug-likeness (QED) is 0.480. The number of benzene rings is 3. The fraction of sp³-hybridized carbons (Fsp3) is 0.125. The monoisotopic (exact) mass is 423 g/mol. The molecule has 0 atom stereocenters. The lowest BCUT2D eigenvalue weighted by molar-refractivity contribution is -0.111. The van der Waals surface area contributed by atoms with Gasteiger partial charge in [0.25, 0.3) is 0 Å². The van der Waals surface area contributed by atoms with Crippen molar-refractivity contribution in [2.45, 2.75) is 6.61 Å². The number of methoxy groups -OCH3 is 2. The largest absolute Gasteiger partial charge is 0.495 e. The van der Waals surface area contributed by atoms with Crippen LogP contribution >= 0.6 is 11.6 Å². The van der Waals surface area contributed by atoms with Gasteiger partial charge in [0.15, 0.2) is 11.5 Å². The van der Waals surface area contributed by atoms with Gasteiger partial charge >= 0.3 is 0 Å². The van der Waals surface area contributed by atoms with Crippen LogP contribution in [0.3, 0.4) is 0 Å². The molecule has 30 heavy (non-hydrogen) atoms. The van der Waals surface area contributed by atoms with Gasteiger partial charge in [-0.2, -0.15) is 0 Å². The van der Waals surface area contributed by atoms with Crippen LogP contribution in [-0.2, 0) is 11.4 Å². The van der Waals surface area contributed by atoms with Crippen molar-refractivity contribution in [2.75, 3.05) is 19.5 Å². The lowest BCUT2D eigenvalue weighted by atomic mass is 10.2. The third kappa shape index (κ3) is 5.78. The first kappa shape index (κ1) is 21.3. The van der Waals surface area contributed by atoms with Gasteiger partial charge < -0.3 is 19.5 Å². The van der Waals surface area contributed by atoms with Crippen molar-refractivity contribution in [3.63, 3.8) is 0 Å². The molecule has 3 aromatic carbocycles. The molecule has 0 saturated heterocycles. The van der Waals surface area contributed by atoms with Crippen molar-refractivity contribution in [1.82, 2.24) is 0 Å². The van der Waals surface area contributed by atoms with E-state index in [0.29, 0.717) is 34.6 Å². The molecule has 154 valence electrons. The maximum atomic E-state index is 12.2. The predicted octanol–water partition coefficient (Wildman–Crippen LogP) is 5.59. The summed E-state index contributed by atoms with van der Waals surface area (Å²) < 4.78 is 16.4. The van der Waals surface area contributed by atoms with Crippen molar-refractivity contribution >= 4 is 29.3 Å². The second-order valence-electron chi connectivity index (χ2n) is 6.36. The third-order valence-electron chi connectivity index (χ3n) is 4.27. The minimum Gasteiger partial charge on any atom is -0.495 e. The maximum absolute atomic E-state index is 12.2. The number of nitrogens with one attached hydrogen (secondary N) is 1. The summed E-state index contributed by atoms with van der Waals surface area (Å²) in [5.41, 5.74) is 2.46. The fourth-order valence-electron chi connectivity index (χ4n) is 2.74. The summed E-state index contributed by atoms with van der Waals surface area (Å²) in [6.45, 7) is 0.444. The van der Waals surface area contributed by atoms with E-state index in [-0.39, 0.29) is 5.91 Å². The predicted molar refractivity (Wildman–Crippen MR) is 119 cm³/mol. The first-order valence-electron chi connectivity index (χ1n) is 9.26. The Morgan fingerprint density at radius 3 is 2.37 bits per heavy atom. The highest BCUT2D eigenvalue weighted by atomic mass is 35.5. The fourth-order valence-corrected chi connectivity index (χ4v) is 3.00. The van der Waals surface area contributed by atoms with E-state index in [2.05, 4.69) is 5.32 Å². The molecule has 1 amide bonds. The minimum absolute atomic E-state index is 0.278. The summed E-state index contributed by atoms with van der Waals surface area (Å²) in [5.74, 6) is 1.50. The van der Waals surface area contributed by atoms with E-state index in [1.165, 1.54) is 13.2 Å². The van der Waals surface area contributed by atoms with Gasteiger partial charge in [-0.05, 0) is 47.5 Å². The number of carbonyl (C=O) groups excluding carboxylic acids is 1. The van der Waals surface area contributed by atoms with Crippen molar-refractivity contribution in [2.24, 2.45) is 0 Å².